The molecule has 2 aliphatic rings. The zero-order valence-corrected chi connectivity index (χ0v) is 30.4. The van der Waals surface area contributed by atoms with E-state index < -0.39 is 177 Å². The molecule has 20 heteroatoms. The van der Waals surface area contributed by atoms with Gasteiger partial charge in [0.1, 0.15) is 57.9 Å². The number of ether oxygens (including phenoxy) is 1. The molecule has 3 aromatic heterocycles. The summed E-state index contributed by atoms with van der Waals surface area (Å²) in [6.07, 6.45) is 0. The molecule has 316 valence electrons. The fourth-order valence-electron chi connectivity index (χ4n) is 7.29. The number of carbonyl (C=O) groups is 1. The first kappa shape index (κ1) is 40.6. The summed E-state index contributed by atoms with van der Waals surface area (Å²) in [5.74, 6) is -30.5. The SMILES string of the molecule is O=C1Oc2nc1c(-c1c(F)cccc1F)c1[nH]c(c(F)c1F)c(-c1c(F)cccc1F)c1nc(c(-c3c(F)cccc3F)c3[nH]c(c(F)c3F)c2-c2c(F)cccc2F)C(F)=C1F. The molecule has 8 bridgehead atoms. The van der Waals surface area contributed by atoms with Crippen molar-refractivity contribution >= 4 is 39.7 Å². The predicted octanol–water partition coefficient (Wildman–Crippen LogP) is 12.6. The van der Waals surface area contributed by atoms with E-state index in [1.807, 2.05) is 9.97 Å². The summed E-state index contributed by atoms with van der Waals surface area (Å²) < 4.78 is 230. The van der Waals surface area contributed by atoms with Crippen LogP contribution in [-0.4, -0.2) is 25.9 Å². The van der Waals surface area contributed by atoms with E-state index in [0.29, 0.717) is 48.5 Å². The number of halogens is 14. The topological polar surface area (TPSA) is 83.7 Å². The molecule has 2 N–H and O–H groups in total. The third-order valence-electron chi connectivity index (χ3n) is 9.97. The summed E-state index contributed by atoms with van der Waals surface area (Å²) in [5, 5.41) is 0. The van der Waals surface area contributed by atoms with Gasteiger partial charge in [-0.15, -0.1) is 0 Å². The van der Waals surface area contributed by atoms with Crippen LogP contribution in [0.1, 0.15) is 21.9 Å². The number of hydrogen-bond acceptors (Lipinski definition) is 4. The van der Waals surface area contributed by atoms with E-state index in [1.165, 1.54) is 0 Å². The highest BCUT2D eigenvalue weighted by Gasteiger charge is 2.37. The molecule has 2 aliphatic heterocycles. The second-order valence-corrected chi connectivity index (χ2v) is 13.5. The number of H-pyrrole nitrogens is 2. The Kier molecular flexibility index (Phi) is 9.48. The number of nitrogens with zero attached hydrogens (tertiary/aromatic N) is 2. The zero-order valence-electron chi connectivity index (χ0n) is 30.4. The standard InChI is InChI=1S/C43H14F14N4O2/c44-13-5-1-6-14(45)21(13)25-35-29(52)30(53)36(58-35)26(22-15(46)7-2-8-16(22)47)38-33(56)34(57)40(60-38)28(24-19(50)11-4-12-20(24)51)42-61-41(43(62)63-42)27(23-17(48)9-3-10-18(23)49)39-32(55)31(54)37(25)59-39/h1-12,59-60H. The van der Waals surface area contributed by atoms with Gasteiger partial charge < -0.3 is 14.7 Å². The van der Waals surface area contributed by atoms with Crippen LogP contribution in [0.25, 0.3) is 78.2 Å². The maximum atomic E-state index is 16.6. The van der Waals surface area contributed by atoms with Crippen LogP contribution < -0.4 is 4.74 Å². The van der Waals surface area contributed by atoms with E-state index in [1.54, 1.807) is 0 Å². The molecule has 0 fully saturated rings. The molecule has 0 saturated heterocycles. The molecular formula is C43H14F14N4O2. The molecule has 0 atom stereocenters. The van der Waals surface area contributed by atoms with Crippen molar-refractivity contribution in [3.8, 4) is 50.4 Å². The molecule has 0 amide bonds. The molecule has 6 nitrogen and oxygen atoms in total. The van der Waals surface area contributed by atoms with Crippen LogP contribution in [0.2, 0.25) is 0 Å². The molecule has 0 saturated carbocycles. The van der Waals surface area contributed by atoms with Crippen molar-refractivity contribution in [2.24, 2.45) is 0 Å². The summed E-state index contributed by atoms with van der Waals surface area (Å²) in [5.41, 5.74) is -22.9. The Morgan fingerprint density at radius 3 is 0.937 bits per heavy atom. The zero-order chi connectivity index (χ0) is 44.9. The predicted molar refractivity (Wildman–Crippen MR) is 196 cm³/mol. The Balaban J connectivity index is 1.67. The van der Waals surface area contributed by atoms with Crippen LogP contribution in [0.3, 0.4) is 0 Å². The van der Waals surface area contributed by atoms with Gasteiger partial charge in [-0.3, -0.25) is 0 Å². The number of nitrogens with one attached hydrogen (secondary N) is 2. The number of aromatic nitrogens is 4. The highest BCUT2D eigenvalue weighted by atomic mass is 19.2. The van der Waals surface area contributed by atoms with Gasteiger partial charge >= 0.3 is 5.97 Å². The summed E-state index contributed by atoms with van der Waals surface area (Å²) >= 11 is 0. The van der Waals surface area contributed by atoms with Gasteiger partial charge in [0.05, 0.1) is 49.9 Å². The fraction of sp³-hybridized carbons (Fsp3) is 0. The number of aromatic amines is 2. The van der Waals surface area contributed by atoms with Crippen LogP contribution in [0.4, 0.5) is 61.5 Å². The average Bonchev–Trinajstić information content (AvgIpc) is 3.93. The molecule has 0 unspecified atom stereocenters. The Morgan fingerprint density at radius 2 is 0.619 bits per heavy atom. The van der Waals surface area contributed by atoms with Gasteiger partial charge in [-0.25, -0.2) is 76.2 Å². The van der Waals surface area contributed by atoms with Crippen molar-refractivity contribution in [3.63, 3.8) is 0 Å². The van der Waals surface area contributed by atoms with Gasteiger partial charge in [0.2, 0.25) is 5.88 Å². The lowest BCUT2D eigenvalue weighted by Crippen LogP contribution is -2.06. The number of rotatable bonds is 4. The first-order valence-electron chi connectivity index (χ1n) is 17.6. The Bertz CT molecular complexity index is 3330. The largest absolute Gasteiger partial charge is 0.402 e. The van der Waals surface area contributed by atoms with Crippen molar-refractivity contribution in [2.75, 3.05) is 0 Å². The fourth-order valence-corrected chi connectivity index (χ4v) is 7.29. The third kappa shape index (κ3) is 6.06. The Labute approximate surface area is 340 Å². The normalized spacial score (nSPS) is 12.7. The number of esters is 1. The molecule has 0 spiro atoms. The van der Waals surface area contributed by atoms with Gasteiger partial charge in [-0.2, -0.15) is 0 Å². The minimum atomic E-state index is -2.35. The van der Waals surface area contributed by atoms with E-state index in [2.05, 4.69) is 9.97 Å². The Morgan fingerprint density at radius 1 is 0.349 bits per heavy atom. The molecule has 7 aromatic rings. The molecule has 63 heavy (non-hydrogen) atoms. The van der Waals surface area contributed by atoms with Crippen LogP contribution in [-0.2, 0) is 0 Å². The van der Waals surface area contributed by atoms with E-state index >= 15 is 61.5 Å². The molecule has 0 radical (unpaired) electrons. The van der Waals surface area contributed by atoms with E-state index in [9.17, 15) is 4.79 Å². The van der Waals surface area contributed by atoms with Gasteiger partial charge in [-0.05, 0) is 48.5 Å². The maximum absolute atomic E-state index is 16.6. The first-order chi connectivity index (χ1) is 30.0. The lowest BCUT2D eigenvalue weighted by Gasteiger charge is -2.08. The second kappa shape index (κ2) is 14.7. The van der Waals surface area contributed by atoms with Crippen molar-refractivity contribution in [2.45, 2.75) is 0 Å². The van der Waals surface area contributed by atoms with Crippen LogP contribution >= 0.6 is 0 Å². The molecule has 5 heterocycles. The van der Waals surface area contributed by atoms with E-state index in [0.717, 1.165) is 24.3 Å². The van der Waals surface area contributed by atoms with Crippen molar-refractivity contribution in [1.82, 2.24) is 19.9 Å². The summed E-state index contributed by atoms with van der Waals surface area (Å²) in [6, 6.07) is 7.30. The lowest BCUT2D eigenvalue weighted by atomic mass is 10.0. The first-order valence-corrected chi connectivity index (χ1v) is 17.6. The lowest BCUT2D eigenvalue weighted by molar-refractivity contribution is 0.0755. The number of benzene rings is 4. The molecular weight excluding hydrogens is 870 g/mol. The summed E-state index contributed by atoms with van der Waals surface area (Å²) in [4.78, 5) is 25.0. The van der Waals surface area contributed by atoms with Crippen LogP contribution in [0.5, 0.6) is 5.88 Å². The number of fused-ring (bicyclic) bond motifs is 8. The van der Waals surface area contributed by atoms with Gasteiger partial charge in [0.25, 0.3) is 0 Å². The minimum absolute atomic E-state index is 0.505. The number of hydrogen-bond donors (Lipinski definition) is 2. The smallest absolute Gasteiger partial charge is 0.364 e. The Hall–Kier alpha value is -7.77. The van der Waals surface area contributed by atoms with E-state index in [4.69, 9.17) is 4.74 Å². The van der Waals surface area contributed by atoms with Crippen molar-refractivity contribution in [3.05, 3.63) is 160 Å². The maximum Gasteiger partial charge on any atom is 0.364 e. The van der Waals surface area contributed by atoms with Gasteiger partial charge in [0.15, 0.2) is 40.6 Å². The van der Waals surface area contributed by atoms with Gasteiger partial charge in [0, 0.05) is 16.7 Å². The van der Waals surface area contributed by atoms with Crippen molar-refractivity contribution in [1.29, 1.82) is 0 Å². The van der Waals surface area contributed by atoms with Crippen molar-refractivity contribution < 1.29 is 71.0 Å². The third-order valence-corrected chi connectivity index (χ3v) is 9.97. The summed E-state index contributed by atoms with van der Waals surface area (Å²) in [7, 11) is 0. The monoisotopic (exact) mass is 884 g/mol. The average molecular weight is 885 g/mol. The minimum Gasteiger partial charge on any atom is -0.402 e. The molecule has 0 aliphatic carbocycles. The van der Waals surface area contributed by atoms with Crippen LogP contribution in [0, 0.1) is 69.8 Å². The van der Waals surface area contributed by atoms with Crippen LogP contribution in [0.15, 0.2) is 72.8 Å². The highest BCUT2D eigenvalue weighted by molar-refractivity contribution is 6.06. The summed E-state index contributed by atoms with van der Waals surface area (Å²) in [6.45, 7) is 0. The highest BCUT2D eigenvalue weighted by Crippen LogP contribution is 2.48. The van der Waals surface area contributed by atoms with E-state index in [-0.39, 0.29) is 0 Å². The second-order valence-electron chi connectivity index (χ2n) is 13.5. The quantitative estimate of drug-likeness (QED) is 0.136. The van der Waals surface area contributed by atoms with Gasteiger partial charge in [-0.1, -0.05) is 24.3 Å². The number of carbonyl (C=O) groups excluding carboxylic acids is 1. The molecule has 9 rings (SSSR count). The molecule has 4 aromatic carbocycles.